The molecule has 3 rings (SSSR count). The van der Waals surface area contributed by atoms with Crippen molar-refractivity contribution in [2.24, 2.45) is 0 Å². The van der Waals surface area contributed by atoms with E-state index in [4.69, 9.17) is 5.26 Å². The predicted molar refractivity (Wildman–Crippen MR) is 78.1 cm³/mol. The highest BCUT2D eigenvalue weighted by atomic mass is 32.2. The van der Waals surface area contributed by atoms with Gasteiger partial charge in [0.15, 0.2) is 0 Å². The summed E-state index contributed by atoms with van der Waals surface area (Å²) in [7, 11) is -3.60. The summed E-state index contributed by atoms with van der Waals surface area (Å²) < 4.78 is 26.9. The first-order valence-corrected chi connectivity index (χ1v) is 8.09. The number of aromatic amines is 1. The van der Waals surface area contributed by atoms with Gasteiger partial charge in [-0.15, -0.1) is 0 Å². The normalized spacial score (nSPS) is 11.3. The van der Waals surface area contributed by atoms with Crippen LogP contribution in [-0.4, -0.2) is 13.4 Å². The molecule has 0 aliphatic rings. The van der Waals surface area contributed by atoms with Crippen molar-refractivity contribution in [1.29, 1.82) is 5.26 Å². The highest BCUT2D eigenvalue weighted by molar-refractivity contribution is 7.92. The van der Waals surface area contributed by atoms with E-state index < -0.39 is 10.0 Å². The van der Waals surface area contributed by atoms with Gasteiger partial charge < -0.3 is 4.98 Å². The molecular weight excluding hydrogens is 294 g/mol. The smallest absolute Gasteiger partial charge is 0.262 e. The van der Waals surface area contributed by atoms with Gasteiger partial charge in [-0.1, -0.05) is 12.1 Å². The van der Waals surface area contributed by atoms with Crippen LogP contribution in [-0.2, 0) is 10.0 Å². The molecule has 0 fully saturated rings. The Kier molecular flexibility index (Phi) is 2.97. The van der Waals surface area contributed by atoms with Crippen molar-refractivity contribution in [3.05, 3.63) is 46.8 Å². The molecule has 0 unspecified atom stereocenters. The number of benzene rings is 1. The lowest BCUT2D eigenvalue weighted by atomic mass is 10.2. The van der Waals surface area contributed by atoms with E-state index in [1.807, 2.05) is 0 Å². The minimum absolute atomic E-state index is 0.228. The average Bonchev–Trinajstić information content (AvgIpc) is 3.08. The Morgan fingerprint density at radius 1 is 1.30 bits per heavy atom. The highest BCUT2D eigenvalue weighted by Gasteiger charge is 2.16. The van der Waals surface area contributed by atoms with Crippen molar-refractivity contribution in [2.45, 2.75) is 4.90 Å². The van der Waals surface area contributed by atoms with Crippen molar-refractivity contribution in [1.82, 2.24) is 4.98 Å². The Balaban J connectivity index is 2.09. The summed E-state index contributed by atoms with van der Waals surface area (Å²) in [6.07, 6.45) is 1.56. The maximum atomic E-state index is 12.2. The molecule has 0 amide bonds. The van der Waals surface area contributed by atoms with E-state index in [1.54, 1.807) is 41.2 Å². The molecule has 2 heterocycles. The molecule has 2 aromatic heterocycles. The van der Waals surface area contributed by atoms with Gasteiger partial charge in [0.25, 0.3) is 10.0 Å². The average molecular weight is 303 g/mol. The fourth-order valence-corrected chi connectivity index (χ4v) is 4.04. The van der Waals surface area contributed by atoms with Gasteiger partial charge in [0, 0.05) is 17.0 Å². The number of aromatic nitrogens is 1. The molecule has 0 aliphatic heterocycles. The Morgan fingerprint density at radius 3 is 2.85 bits per heavy atom. The molecular formula is C13H9N3O2S2. The molecule has 7 heteroatoms. The van der Waals surface area contributed by atoms with Gasteiger partial charge >= 0.3 is 0 Å². The zero-order valence-electron chi connectivity index (χ0n) is 10.1. The van der Waals surface area contributed by atoms with Gasteiger partial charge in [0.1, 0.15) is 6.07 Å². The molecule has 3 aromatic rings. The molecule has 0 radical (unpaired) electrons. The lowest BCUT2D eigenvalue weighted by molar-refractivity contribution is 0.601. The monoisotopic (exact) mass is 303 g/mol. The SMILES string of the molecule is N#Cc1c[nH]c2c(NS(=O)(=O)c3ccsc3)cccc12. The number of thiophene rings is 1. The Labute approximate surface area is 119 Å². The van der Waals surface area contributed by atoms with Gasteiger partial charge in [0.2, 0.25) is 0 Å². The summed E-state index contributed by atoms with van der Waals surface area (Å²) in [6.45, 7) is 0. The fraction of sp³-hybridized carbons (Fsp3) is 0. The largest absolute Gasteiger partial charge is 0.358 e. The van der Waals surface area contributed by atoms with E-state index in [0.29, 0.717) is 22.2 Å². The standard InChI is InChI=1S/C13H9N3O2S2/c14-6-9-7-15-13-11(9)2-1-3-12(13)16-20(17,18)10-4-5-19-8-10/h1-5,7-8,15-16H. The van der Waals surface area contributed by atoms with Crippen molar-refractivity contribution in [3.63, 3.8) is 0 Å². The molecule has 20 heavy (non-hydrogen) atoms. The van der Waals surface area contributed by atoms with Crippen LogP contribution in [0.1, 0.15) is 5.56 Å². The number of sulfonamides is 1. The quantitative estimate of drug-likeness (QED) is 0.780. The van der Waals surface area contributed by atoms with Crippen LogP contribution in [0.2, 0.25) is 0 Å². The van der Waals surface area contributed by atoms with Crippen molar-refractivity contribution < 1.29 is 8.42 Å². The lowest BCUT2D eigenvalue weighted by Crippen LogP contribution is -2.12. The van der Waals surface area contributed by atoms with Gasteiger partial charge in [-0.25, -0.2) is 8.42 Å². The minimum Gasteiger partial charge on any atom is -0.358 e. The zero-order chi connectivity index (χ0) is 14.2. The van der Waals surface area contributed by atoms with E-state index in [0.717, 1.165) is 0 Å². The molecule has 0 saturated heterocycles. The molecule has 100 valence electrons. The molecule has 0 aliphatic carbocycles. The van der Waals surface area contributed by atoms with E-state index in [2.05, 4.69) is 15.8 Å². The first-order chi connectivity index (χ1) is 9.62. The number of anilines is 1. The molecule has 0 bridgehead atoms. The third-order valence-corrected chi connectivity index (χ3v) is 5.08. The topological polar surface area (TPSA) is 85.8 Å². The number of hydrogen-bond acceptors (Lipinski definition) is 4. The second-order valence-corrected chi connectivity index (χ2v) is 6.57. The second kappa shape index (κ2) is 4.67. The Bertz CT molecular complexity index is 903. The number of H-pyrrole nitrogens is 1. The van der Waals surface area contributed by atoms with Crippen LogP contribution in [0.4, 0.5) is 5.69 Å². The van der Waals surface area contributed by atoms with E-state index in [-0.39, 0.29) is 4.90 Å². The van der Waals surface area contributed by atoms with Gasteiger partial charge in [-0.3, -0.25) is 4.72 Å². The van der Waals surface area contributed by atoms with Gasteiger partial charge in [0.05, 0.1) is 21.7 Å². The van der Waals surface area contributed by atoms with Crippen molar-refractivity contribution in [3.8, 4) is 6.07 Å². The molecule has 0 saturated carbocycles. The van der Waals surface area contributed by atoms with Crippen molar-refractivity contribution >= 4 is 38.0 Å². The Morgan fingerprint density at radius 2 is 2.15 bits per heavy atom. The van der Waals surface area contributed by atoms with Crippen LogP contribution in [0.3, 0.4) is 0 Å². The first-order valence-electron chi connectivity index (χ1n) is 5.67. The van der Waals surface area contributed by atoms with Crippen LogP contribution >= 0.6 is 11.3 Å². The predicted octanol–water partition coefficient (Wildman–Crippen LogP) is 2.90. The summed E-state index contributed by atoms with van der Waals surface area (Å²) in [6, 6.07) is 8.74. The highest BCUT2D eigenvalue weighted by Crippen LogP contribution is 2.27. The van der Waals surface area contributed by atoms with Crippen LogP contribution in [0.5, 0.6) is 0 Å². The number of nitrogens with zero attached hydrogens (tertiary/aromatic N) is 1. The maximum Gasteiger partial charge on any atom is 0.262 e. The molecule has 0 atom stereocenters. The summed E-state index contributed by atoms with van der Waals surface area (Å²) in [5.41, 5.74) is 1.51. The molecule has 0 spiro atoms. The summed E-state index contributed by atoms with van der Waals surface area (Å²) >= 11 is 1.32. The third-order valence-electron chi connectivity index (χ3n) is 2.89. The third kappa shape index (κ3) is 2.05. The number of hydrogen-bond donors (Lipinski definition) is 2. The summed E-state index contributed by atoms with van der Waals surface area (Å²) in [5, 5.41) is 13.0. The number of nitrogens with one attached hydrogen (secondary N) is 2. The lowest BCUT2D eigenvalue weighted by Gasteiger charge is -2.07. The summed E-state index contributed by atoms with van der Waals surface area (Å²) in [5.74, 6) is 0. The van der Waals surface area contributed by atoms with Gasteiger partial charge in [-0.05, 0) is 17.5 Å². The maximum absolute atomic E-state index is 12.2. The van der Waals surface area contributed by atoms with E-state index >= 15 is 0 Å². The number of fused-ring (bicyclic) bond motifs is 1. The van der Waals surface area contributed by atoms with E-state index in [9.17, 15) is 8.42 Å². The fourth-order valence-electron chi connectivity index (χ4n) is 1.94. The van der Waals surface area contributed by atoms with Crippen LogP contribution < -0.4 is 4.72 Å². The summed E-state index contributed by atoms with van der Waals surface area (Å²) in [4.78, 5) is 3.16. The number of rotatable bonds is 3. The Hall–Kier alpha value is -2.30. The van der Waals surface area contributed by atoms with Crippen LogP contribution in [0.25, 0.3) is 10.9 Å². The number of nitriles is 1. The van der Waals surface area contributed by atoms with Crippen LogP contribution in [0.15, 0.2) is 46.1 Å². The zero-order valence-corrected chi connectivity index (χ0v) is 11.8. The van der Waals surface area contributed by atoms with E-state index in [1.165, 1.54) is 11.3 Å². The van der Waals surface area contributed by atoms with Crippen molar-refractivity contribution in [2.75, 3.05) is 4.72 Å². The molecule has 1 aromatic carbocycles. The van der Waals surface area contributed by atoms with Gasteiger partial charge in [-0.2, -0.15) is 16.6 Å². The second-order valence-electron chi connectivity index (χ2n) is 4.11. The minimum atomic E-state index is -3.60. The molecule has 5 nitrogen and oxygen atoms in total. The number of para-hydroxylation sites is 1. The molecule has 2 N–H and O–H groups in total. The van der Waals surface area contributed by atoms with Crippen LogP contribution in [0, 0.1) is 11.3 Å². The first kappa shape index (κ1) is 12.7.